The smallest absolute Gasteiger partial charge is 0.412 e. The summed E-state index contributed by atoms with van der Waals surface area (Å²) in [5.74, 6) is -0.564. The zero-order chi connectivity index (χ0) is 17.1. The number of ether oxygens (including phenoxy) is 2. The number of nitrogens with one attached hydrogen (secondary N) is 1. The largest absolute Gasteiger partial charge is 0.456 e. The first-order valence-electron chi connectivity index (χ1n) is 7.00. The van der Waals surface area contributed by atoms with Crippen LogP contribution in [0.4, 0.5) is 16.2 Å². The Balaban J connectivity index is 3.01. The van der Waals surface area contributed by atoms with Gasteiger partial charge in [0.1, 0.15) is 11.2 Å². The second-order valence-corrected chi connectivity index (χ2v) is 6.93. The predicted octanol–water partition coefficient (Wildman–Crippen LogP) is 3.57. The number of esters is 1. The number of rotatable bonds is 2. The third-order valence-corrected chi connectivity index (χ3v) is 2.30. The minimum absolute atomic E-state index is 0.181. The molecule has 1 aromatic rings. The Morgan fingerprint density at radius 1 is 1.00 bits per heavy atom. The summed E-state index contributed by atoms with van der Waals surface area (Å²) in [4.78, 5) is 24.1. The van der Waals surface area contributed by atoms with Crippen molar-refractivity contribution in [2.45, 2.75) is 52.7 Å². The van der Waals surface area contributed by atoms with Gasteiger partial charge in [0.15, 0.2) is 0 Å². The molecule has 1 aromatic carbocycles. The van der Waals surface area contributed by atoms with Gasteiger partial charge in [-0.15, -0.1) is 0 Å². The van der Waals surface area contributed by atoms with Gasteiger partial charge in [0.25, 0.3) is 0 Å². The van der Waals surface area contributed by atoms with E-state index in [0.29, 0.717) is 5.69 Å². The zero-order valence-electron chi connectivity index (χ0n) is 13.9. The highest BCUT2D eigenvalue weighted by molar-refractivity contribution is 6.00. The molecule has 1 rings (SSSR count). The van der Waals surface area contributed by atoms with Crippen molar-refractivity contribution in [1.82, 2.24) is 0 Å². The summed E-state index contributed by atoms with van der Waals surface area (Å²) >= 11 is 0. The maximum absolute atomic E-state index is 12.2. The third-order valence-electron chi connectivity index (χ3n) is 2.30. The van der Waals surface area contributed by atoms with E-state index in [4.69, 9.17) is 15.2 Å². The molecule has 0 heterocycles. The molecular formula is C16H24N2O4. The Morgan fingerprint density at radius 3 is 2.05 bits per heavy atom. The number of benzene rings is 1. The molecule has 6 nitrogen and oxygen atoms in total. The van der Waals surface area contributed by atoms with Gasteiger partial charge in [-0.2, -0.15) is 0 Å². The fourth-order valence-corrected chi connectivity index (χ4v) is 1.59. The molecule has 6 heteroatoms. The molecule has 0 spiro atoms. The van der Waals surface area contributed by atoms with Gasteiger partial charge in [-0.3, -0.25) is 5.32 Å². The van der Waals surface area contributed by atoms with Crippen molar-refractivity contribution in [3.8, 4) is 0 Å². The molecule has 22 heavy (non-hydrogen) atoms. The number of anilines is 2. The molecule has 0 aliphatic carbocycles. The highest BCUT2D eigenvalue weighted by Gasteiger charge is 2.23. The van der Waals surface area contributed by atoms with Crippen LogP contribution in [0.5, 0.6) is 0 Å². The van der Waals surface area contributed by atoms with E-state index in [1.807, 2.05) is 0 Å². The van der Waals surface area contributed by atoms with Gasteiger partial charge in [0, 0.05) is 5.69 Å². The lowest BCUT2D eigenvalue weighted by atomic mass is 10.1. The van der Waals surface area contributed by atoms with Crippen LogP contribution in [0.3, 0.4) is 0 Å². The van der Waals surface area contributed by atoms with Crippen molar-refractivity contribution in [2.75, 3.05) is 11.1 Å². The van der Waals surface area contributed by atoms with Gasteiger partial charge >= 0.3 is 12.1 Å². The number of hydrogen-bond donors (Lipinski definition) is 2. The van der Waals surface area contributed by atoms with Crippen molar-refractivity contribution in [3.63, 3.8) is 0 Å². The Hall–Kier alpha value is -2.24. The molecular weight excluding hydrogens is 284 g/mol. The summed E-state index contributed by atoms with van der Waals surface area (Å²) in [6.07, 6.45) is -0.651. The number of nitrogen functional groups attached to an aromatic ring is 1. The molecule has 0 bridgehead atoms. The fourth-order valence-electron chi connectivity index (χ4n) is 1.59. The molecule has 0 aliphatic heterocycles. The Bertz CT molecular complexity index is 568. The van der Waals surface area contributed by atoms with Gasteiger partial charge in [-0.1, -0.05) is 0 Å². The number of carbonyl (C=O) groups is 2. The van der Waals surface area contributed by atoms with Crippen molar-refractivity contribution in [2.24, 2.45) is 0 Å². The summed E-state index contributed by atoms with van der Waals surface area (Å²) in [6, 6.07) is 4.58. The maximum atomic E-state index is 12.2. The monoisotopic (exact) mass is 308 g/mol. The quantitative estimate of drug-likeness (QED) is 0.644. The number of carbonyl (C=O) groups excluding carboxylic acids is 2. The molecule has 1 amide bonds. The SMILES string of the molecule is CC(C)(C)OC(=O)Nc1ccc(N)cc1C(=O)OC(C)(C)C. The van der Waals surface area contributed by atoms with Gasteiger partial charge in [0.05, 0.1) is 11.3 Å². The van der Waals surface area contributed by atoms with Crippen molar-refractivity contribution >= 4 is 23.4 Å². The lowest BCUT2D eigenvalue weighted by molar-refractivity contribution is 0.00708. The average Bonchev–Trinajstić information content (AvgIpc) is 2.26. The van der Waals surface area contributed by atoms with Gasteiger partial charge < -0.3 is 15.2 Å². The zero-order valence-corrected chi connectivity index (χ0v) is 13.9. The molecule has 122 valence electrons. The van der Waals surface area contributed by atoms with Crippen molar-refractivity contribution in [3.05, 3.63) is 23.8 Å². The molecule has 0 saturated heterocycles. The van der Waals surface area contributed by atoms with Gasteiger partial charge in [-0.25, -0.2) is 9.59 Å². The van der Waals surface area contributed by atoms with Crippen molar-refractivity contribution in [1.29, 1.82) is 0 Å². The average molecular weight is 308 g/mol. The van der Waals surface area contributed by atoms with E-state index in [2.05, 4.69) is 5.32 Å². The minimum atomic E-state index is -0.651. The second-order valence-electron chi connectivity index (χ2n) is 6.93. The first-order valence-corrected chi connectivity index (χ1v) is 7.00. The first kappa shape index (κ1) is 17.8. The fraction of sp³-hybridized carbons (Fsp3) is 0.500. The molecule has 3 N–H and O–H groups in total. The van der Waals surface area contributed by atoms with Gasteiger partial charge in [-0.05, 0) is 59.7 Å². The Morgan fingerprint density at radius 2 is 1.55 bits per heavy atom. The normalized spacial score (nSPS) is 11.7. The molecule has 0 aromatic heterocycles. The van der Waals surface area contributed by atoms with Crippen molar-refractivity contribution < 1.29 is 19.1 Å². The molecule has 0 saturated carbocycles. The van der Waals surface area contributed by atoms with Crippen LogP contribution >= 0.6 is 0 Å². The van der Waals surface area contributed by atoms with E-state index >= 15 is 0 Å². The molecule has 0 atom stereocenters. The Kier molecular flexibility index (Phi) is 5.06. The van der Waals surface area contributed by atoms with Crippen LogP contribution < -0.4 is 11.1 Å². The summed E-state index contributed by atoms with van der Waals surface area (Å²) in [5, 5.41) is 2.54. The van der Waals surface area contributed by atoms with Crippen LogP contribution in [-0.2, 0) is 9.47 Å². The van der Waals surface area contributed by atoms with E-state index in [0.717, 1.165) is 0 Å². The van der Waals surface area contributed by atoms with Crippen LogP contribution in [0.2, 0.25) is 0 Å². The summed E-state index contributed by atoms with van der Waals surface area (Å²) in [5.41, 5.74) is 5.30. The first-order chi connectivity index (χ1) is 9.87. The van der Waals surface area contributed by atoms with E-state index < -0.39 is 23.3 Å². The van der Waals surface area contributed by atoms with Gasteiger partial charge in [0.2, 0.25) is 0 Å². The molecule has 0 fully saturated rings. The summed E-state index contributed by atoms with van der Waals surface area (Å²) in [7, 11) is 0. The Labute approximate surface area is 131 Å². The highest BCUT2D eigenvalue weighted by Crippen LogP contribution is 2.23. The number of nitrogens with two attached hydrogens (primary N) is 1. The number of amides is 1. The lowest BCUT2D eigenvalue weighted by Gasteiger charge is -2.22. The molecule has 0 unspecified atom stereocenters. The minimum Gasteiger partial charge on any atom is -0.456 e. The van der Waals surface area contributed by atoms with Crippen LogP contribution in [0, 0.1) is 0 Å². The summed E-state index contributed by atoms with van der Waals surface area (Å²) < 4.78 is 10.5. The van der Waals surface area contributed by atoms with E-state index in [9.17, 15) is 9.59 Å². The second kappa shape index (κ2) is 6.25. The van der Waals surface area contributed by atoms with Crippen LogP contribution in [0.15, 0.2) is 18.2 Å². The van der Waals surface area contributed by atoms with E-state index in [1.165, 1.54) is 6.07 Å². The lowest BCUT2D eigenvalue weighted by Crippen LogP contribution is -2.28. The van der Waals surface area contributed by atoms with Crippen LogP contribution in [-0.4, -0.2) is 23.3 Å². The topological polar surface area (TPSA) is 90.6 Å². The summed E-state index contributed by atoms with van der Waals surface area (Å²) in [6.45, 7) is 10.5. The predicted molar refractivity (Wildman–Crippen MR) is 85.9 cm³/mol. The molecule has 0 radical (unpaired) electrons. The van der Waals surface area contributed by atoms with Crippen LogP contribution in [0.25, 0.3) is 0 Å². The van der Waals surface area contributed by atoms with E-state index in [1.54, 1.807) is 53.7 Å². The molecule has 0 aliphatic rings. The van der Waals surface area contributed by atoms with Crippen LogP contribution in [0.1, 0.15) is 51.9 Å². The standard InChI is InChI=1S/C16H24N2O4/c1-15(2,3)21-13(19)11-9-10(17)7-8-12(11)18-14(20)22-16(4,5)6/h7-9H,17H2,1-6H3,(H,18,20). The highest BCUT2D eigenvalue weighted by atomic mass is 16.6. The van der Waals surface area contributed by atoms with E-state index in [-0.39, 0.29) is 11.3 Å². The maximum Gasteiger partial charge on any atom is 0.412 e. The number of hydrogen-bond acceptors (Lipinski definition) is 5. The third kappa shape index (κ3) is 6.03.